The van der Waals surface area contributed by atoms with Gasteiger partial charge in [0.2, 0.25) is 9.84 Å². The second-order valence-corrected chi connectivity index (χ2v) is 8.45. The van der Waals surface area contributed by atoms with Gasteiger partial charge in [-0.05, 0) is 54.1 Å². The molecule has 5 nitrogen and oxygen atoms in total. The molecule has 0 radical (unpaired) electrons. The van der Waals surface area contributed by atoms with Gasteiger partial charge in [0, 0.05) is 17.1 Å². The maximum Gasteiger partial charge on any atom is 0.208 e. The van der Waals surface area contributed by atoms with Crippen LogP contribution in [-0.2, 0) is 9.84 Å². The number of sulfone groups is 1. The minimum Gasteiger partial charge on any atom is -0.497 e. The predicted molar refractivity (Wildman–Crippen MR) is 110 cm³/mol. The van der Waals surface area contributed by atoms with Crippen LogP contribution in [0, 0.1) is 17.1 Å². The van der Waals surface area contributed by atoms with E-state index < -0.39 is 15.7 Å². The Morgan fingerprint density at radius 1 is 1.03 bits per heavy atom. The fraction of sp³-hybridized carbons (Fsp3) is 0.0435. The van der Waals surface area contributed by atoms with Crippen molar-refractivity contribution in [2.75, 3.05) is 7.11 Å². The summed E-state index contributed by atoms with van der Waals surface area (Å²) in [6, 6.07) is 18.6. The van der Waals surface area contributed by atoms with Gasteiger partial charge in [0.1, 0.15) is 11.6 Å². The van der Waals surface area contributed by atoms with Gasteiger partial charge < -0.3 is 4.74 Å². The average molecular weight is 418 g/mol. The molecule has 1 aromatic heterocycles. The number of nitrogens with zero attached hydrogens (tertiary/aromatic N) is 2. The monoisotopic (exact) mass is 418 g/mol. The van der Waals surface area contributed by atoms with Crippen molar-refractivity contribution in [1.82, 2.24) is 4.98 Å². The molecular weight excluding hydrogens is 403 g/mol. The number of hydrogen-bond donors (Lipinski definition) is 0. The molecule has 0 aliphatic carbocycles. The molecule has 1 heterocycles. The summed E-state index contributed by atoms with van der Waals surface area (Å²) in [5, 5.41) is 9.51. The normalized spacial score (nSPS) is 11.2. The number of benzene rings is 3. The third kappa shape index (κ3) is 3.38. The highest BCUT2D eigenvalue weighted by Crippen LogP contribution is 2.37. The first kappa shape index (κ1) is 19.6. The van der Waals surface area contributed by atoms with Crippen molar-refractivity contribution in [2.45, 2.75) is 9.79 Å². The van der Waals surface area contributed by atoms with Crippen LogP contribution < -0.4 is 4.74 Å². The summed E-state index contributed by atoms with van der Waals surface area (Å²) in [6.07, 6.45) is 1.27. The zero-order chi connectivity index (χ0) is 21.3. The minimum atomic E-state index is -4.04. The Bertz CT molecular complexity index is 1410. The maximum absolute atomic E-state index is 14.1. The van der Waals surface area contributed by atoms with Gasteiger partial charge in [-0.25, -0.2) is 12.8 Å². The van der Waals surface area contributed by atoms with E-state index in [4.69, 9.17) is 10.00 Å². The molecule has 0 aliphatic rings. The Morgan fingerprint density at radius 2 is 1.80 bits per heavy atom. The first-order chi connectivity index (χ1) is 14.4. The van der Waals surface area contributed by atoms with Gasteiger partial charge >= 0.3 is 0 Å². The highest BCUT2D eigenvalue weighted by Gasteiger charge is 2.25. The smallest absolute Gasteiger partial charge is 0.208 e. The van der Waals surface area contributed by atoms with Gasteiger partial charge in [-0.2, -0.15) is 5.26 Å². The molecule has 0 unspecified atom stereocenters. The molecule has 148 valence electrons. The predicted octanol–water partition coefficient (Wildman–Crippen LogP) is 4.75. The lowest BCUT2D eigenvalue weighted by molar-refractivity contribution is 0.415. The second-order valence-electron chi connectivity index (χ2n) is 6.53. The lowest BCUT2D eigenvalue weighted by atomic mass is 10.0. The number of aromatic nitrogens is 1. The van der Waals surface area contributed by atoms with E-state index in [1.54, 1.807) is 24.3 Å². The summed E-state index contributed by atoms with van der Waals surface area (Å²) in [4.78, 5) is 4.14. The lowest BCUT2D eigenvalue weighted by Crippen LogP contribution is -2.06. The number of fused-ring (bicyclic) bond motifs is 1. The SMILES string of the molecule is COc1ccc(-c2c(S(=O)(=O)c3cccc(C#N)c3)cnc3ccc(F)cc23)cc1. The van der Waals surface area contributed by atoms with E-state index in [-0.39, 0.29) is 15.4 Å². The Hall–Kier alpha value is -3.76. The van der Waals surface area contributed by atoms with Crippen LogP contribution in [-0.4, -0.2) is 20.5 Å². The van der Waals surface area contributed by atoms with E-state index in [9.17, 15) is 12.8 Å². The molecule has 3 aromatic carbocycles. The Labute approximate surface area is 172 Å². The molecule has 0 amide bonds. The van der Waals surface area contributed by atoms with Crippen molar-refractivity contribution in [3.05, 3.63) is 84.3 Å². The molecule has 0 bridgehead atoms. The number of halogens is 1. The van der Waals surface area contributed by atoms with E-state index >= 15 is 0 Å². The van der Waals surface area contributed by atoms with Crippen molar-refractivity contribution in [3.8, 4) is 22.9 Å². The van der Waals surface area contributed by atoms with Crippen LogP contribution in [0.3, 0.4) is 0 Å². The summed E-state index contributed by atoms with van der Waals surface area (Å²) >= 11 is 0. The van der Waals surface area contributed by atoms with Crippen LogP contribution >= 0.6 is 0 Å². The Morgan fingerprint density at radius 3 is 2.50 bits per heavy atom. The number of methoxy groups -OCH3 is 1. The van der Waals surface area contributed by atoms with Crippen LogP contribution in [0.2, 0.25) is 0 Å². The molecule has 30 heavy (non-hydrogen) atoms. The molecule has 0 aliphatic heterocycles. The van der Waals surface area contributed by atoms with Crippen molar-refractivity contribution in [2.24, 2.45) is 0 Å². The molecule has 0 spiro atoms. The van der Waals surface area contributed by atoms with Gasteiger partial charge in [0.15, 0.2) is 0 Å². The number of hydrogen-bond acceptors (Lipinski definition) is 5. The quantitative estimate of drug-likeness (QED) is 0.478. The average Bonchev–Trinajstić information content (AvgIpc) is 2.78. The van der Waals surface area contributed by atoms with E-state index in [2.05, 4.69) is 4.98 Å². The zero-order valence-corrected chi connectivity index (χ0v) is 16.7. The summed E-state index contributed by atoms with van der Waals surface area (Å²) in [6.45, 7) is 0. The third-order valence-corrected chi connectivity index (χ3v) is 6.50. The highest BCUT2D eigenvalue weighted by atomic mass is 32.2. The van der Waals surface area contributed by atoms with E-state index in [1.165, 1.54) is 55.8 Å². The molecule has 4 aromatic rings. The summed E-state index contributed by atoms with van der Waals surface area (Å²) in [5.74, 6) is 0.106. The van der Waals surface area contributed by atoms with Crippen LogP contribution in [0.15, 0.2) is 82.7 Å². The van der Waals surface area contributed by atoms with E-state index in [0.29, 0.717) is 27.8 Å². The van der Waals surface area contributed by atoms with Gasteiger partial charge in [0.25, 0.3) is 0 Å². The fourth-order valence-electron chi connectivity index (χ4n) is 3.27. The third-order valence-electron chi connectivity index (χ3n) is 4.74. The largest absolute Gasteiger partial charge is 0.497 e. The maximum atomic E-state index is 14.1. The van der Waals surface area contributed by atoms with Crippen molar-refractivity contribution in [3.63, 3.8) is 0 Å². The Kier molecular flexibility index (Phi) is 4.94. The van der Waals surface area contributed by atoms with Gasteiger partial charge in [0.05, 0.1) is 34.1 Å². The standard InChI is InChI=1S/C23H15FN2O3S/c1-29-18-8-5-16(6-9-18)23-20-12-17(24)7-10-21(20)26-14-22(23)30(27,28)19-4-2-3-15(11-19)13-25/h2-12,14H,1H3. The van der Waals surface area contributed by atoms with Crippen LogP contribution in [0.1, 0.15) is 5.56 Å². The number of ether oxygens (including phenoxy) is 1. The first-order valence-electron chi connectivity index (χ1n) is 8.92. The van der Waals surface area contributed by atoms with E-state index in [0.717, 1.165) is 0 Å². The van der Waals surface area contributed by atoms with Crippen LogP contribution in [0.5, 0.6) is 5.75 Å². The van der Waals surface area contributed by atoms with Crippen molar-refractivity contribution < 1.29 is 17.5 Å². The van der Waals surface area contributed by atoms with Crippen molar-refractivity contribution in [1.29, 1.82) is 5.26 Å². The van der Waals surface area contributed by atoms with Gasteiger partial charge in [-0.15, -0.1) is 0 Å². The number of rotatable bonds is 4. The van der Waals surface area contributed by atoms with Gasteiger partial charge in [-0.1, -0.05) is 18.2 Å². The summed E-state index contributed by atoms with van der Waals surface area (Å²) < 4.78 is 46.2. The minimum absolute atomic E-state index is 0.0335. The van der Waals surface area contributed by atoms with Crippen LogP contribution in [0.4, 0.5) is 4.39 Å². The van der Waals surface area contributed by atoms with Crippen molar-refractivity contribution >= 4 is 20.7 Å². The molecule has 0 saturated carbocycles. The fourth-order valence-corrected chi connectivity index (χ4v) is 4.75. The second kappa shape index (κ2) is 7.58. The molecular formula is C23H15FN2O3S. The molecule has 0 fully saturated rings. The Balaban J connectivity index is 2.05. The summed E-state index contributed by atoms with van der Waals surface area (Å²) in [7, 11) is -2.51. The molecule has 0 saturated heterocycles. The van der Waals surface area contributed by atoms with Gasteiger partial charge in [-0.3, -0.25) is 4.98 Å². The zero-order valence-electron chi connectivity index (χ0n) is 15.8. The molecule has 0 atom stereocenters. The number of nitriles is 1. The summed E-state index contributed by atoms with van der Waals surface area (Å²) in [5.41, 5.74) is 1.60. The molecule has 7 heteroatoms. The van der Waals surface area contributed by atoms with E-state index in [1.807, 2.05) is 6.07 Å². The lowest BCUT2D eigenvalue weighted by Gasteiger charge is -2.14. The van der Waals surface area contributed by atoms with Crippen LogP contribution in [0.25, 0.3) is 22.0 Å². The highest BCUT2D eigenvalue weighted by molar-refractivity contribution is 7.91. The topological polar surface area (TPSA) is 80.0 Å². The molecule has 4 rings (SSSR count). The number of pyridine rings is 1. The first-order valence-corrected chi connectivity index (χ1v) is 10.4. The molecule has 0 N–H and O–H groups in total.